The Hall–Kier alpha value is -2.52. The monoisotopic (exact) mass is 381 g/mol. The van der Waals surface area contributed by atoms with Crippen molar-refractivity contribution in [2.24, 2.45) is 0 Å². The predicted molar refractivity (Wildman–Crippen MR) is 93.7 cm³/mol. The van der Waals surface area contributed by atoms with Crippen LogP contribution in [0, 0.1) is 11.6 Å². The molecule has 1 N–H and O–H groups in total. The highest BCUT2D eigenvalue weighted by atomic mass is 32.2. The zero-order valence-corrected chi connectivity index (χ0v) is 15.0. The van der Waals surface area contributed by atoms with Gasteiger partial charge in [-0.15, -0.1) is 0 Å². The number of sulfonamides is 1. The molecule has 3 rings (SSSR count). The second kappa shape index (κ2) is 6.65. The normalized spacial score (nSPS) is 13.8. The first kappa shape index (κ1) is 18.3. The van der Waals surface area contributed by atoms with E-state index < -0.39 is 27.7 Å². The summed E-state index contributed by atoms with van der Waals surface area (Å²) in [6, 6.07) is 6.91. The van der Waals surface area contributed by atoms with E-state index >= 15 is 0 Å². The molecule has 2 amide bonds. The van der Waals surface area contributed by atoms with E-state index in [2.05, 4.69) is 5.32 Å². The van der Waals surface area contributed by atoms with Gasteiger partial charge in [-0.1, -0.05) is 12.1 Å². The maximum atomic E-state index is 13.8. The molecule has 0 bridgehead atoms. The number of nitrogens with zero attached hydrogens (tertiary/aromatic N) is 2. The molecule has 0 spiro atoms. The molecule has 9 heteroatoms. The van der Waals surface area contributed by atoms with E-state index in [1.807, 2.05) is 0 Å². The van der Waals surface area contributed by atoms with Crippen LogP contribution in [-0.4, -0.2) is 39.4 Å². The smallest absolute Gasteiger partial charge is 0.305 e. The third kappa shape index (κ3) is 3.15. The fraction of sp³-hybridized carbons (Fsp3) is 0.235. The van der Waals surface area contributed by atoms with Crippen molar-refractivity contribution in [1.29, 1.82) is 0 Å². The van der Waals surface area contributed by atoms with Gasteiger partial charge in [-0.2, -0.15) is 0 Å². The molecule has 0 saturated carbocycles. The van der Waals surface area contributed by atoms with E-state index in [9.17, 15) is 22.0 Å². The molecule has 1 aliphatic heterocycles. The molecule has 26 heavy (non-hydrogen) atoms. The van der Waals surface area contributed by atoms with E-state index in [4.69, 9.17) is 0 Å². The first-order valence-electron chi connectivity index (χ1n) is 7.80. The summed E-state index contributed by atoms with van der Waals surface area (Å²) in [4.78, 5) is 13.9. The Balaban J connectivity index is 1.98. The lowest BCUT2D eigenvalue weighted by Gasteiger charge is -2.22. The quantitative estimate of drug-likeness (QED) is 0.889. The fourth-order valence-corrected chi connectivity index (χ4v) is 3.93. The lowest BCUT2D eigenvalue weighted by atomic mass is 10.2. The van der Waals surface area contributed by atoms with Crippen LogP contribution in [0.4, 0.5) is 25.0 Å². The van der Waals surface area contributed by atoms with E-state index in [1.54, 1.807) is 12.1 Å². The number of amides is 2. The van der Waals surface area contributed by atoms with Crippen molar-refractivity contribution >= 4 is 27.4 Å². The number of halogens is 2. The number of para-hydroxylation sites is 1. The number of carbonyl (C=O) groups excluding carboxylic acids is 1. The molecular formula is C17H17F2N3O3S. The molecule has 0 atom stereocenters. The number of hydrogen-bond donors (Lipinski definition) is 1. The topological polar surface area (TPSA) is 69.7 Å². The van der Waals surface area contributed by atoms with Gasteiger partial charge in [0.15, 0.2) is 0 Å². The lowest BCUT2D eigenvalue weighted by Crippen LogP contribution is -2.35. The second-order valence-electron chi connectivity index (χ2n) is 6.01. The highest BCUT2D eigenvalue weighted by molar-refractivity contribution is 7.89. The standard InChI is InChI=1S/C17H17F2N3O3S/c1-21(2)26(24,25)15-5-3-4-11-8-9-22(16(11)15)17(23)20-14-7-6-12(18)10-13(14)19/h3-7,10H,8-9H2,1-2H3,(H,20,23). The SMILES string of the molecule is CN(C)S(=O)(=O)c1cccc2c1N(C(=O)Nc1ccc(F)cc1F)CC2. The van der Waals surface area contributed by atoms with Gasteiger partial charge in [0.2, 0.25) is 10.0 Å². The molecule has 0 fully saturated rings. The van der Waals surface area contributed by atoms with Gasteiger partial charge in [-0.3, -0.25) is 4.90 Å². The Morgan fingerprint density at radius 1 is 1.19 bits per heavy atom. The number of benzene rings is 2. The van der Waals surface area contributed by atoms with Crippen LogP contribution in [0.1, 0.15) is 5.56 Å². The van der Waals surface area contributed by atoms with Crippen LogP contribution in [0.3, 0.4) is 0 Å². The van der Waals surface area contributed by atoms with Crippen molar-refractivity contribution in [3.05, 3.63) is 53.6 Å². The summed E-state index contributed by atoms with van der Waals surface area (Å²) in [5, 5.41) is 2.37. The second-order valence-corrected chi connectivity index (χ2v) is 8.13. The van der Waals surface area contributed by atoms with Crippen molar-refractivity contribution in [2.45, 2.75) is 11.3 Å². The molecule has 0 aliphatic carbocycles. The Labute approximate surface area is 150 Å². The predicted octanol–water partition coefficient (Wildman–Crippen LogP) is 2.81. The molecule has 0 aromatic heterocycles. The summed E-state index contributed by atoms with van der Waals surface area (Å²) < 4.78 is 53.0. The minimum Gasteiger partial charge on any atom is -0.305 e. The summed E-state index contributed by atoms with van der Waals surface area (Å²) in [5.74, 6) is -1.67. The lowest BCUT2D eigenvalue weighted by molar-refractivity contribution is 0.257. The molecule has 1 aliphatic rings. The number of carbonyl (C=O) groups is 1. The van der Waals surface area contributed by atoms with Gasteiger partial charge in [0.05, 0.1) is 11.4 Å². The van der Waals surface area contributed by atoms with Gasteiger partial charge in [0.1, 0.15) is 16.5 Å². The number of fused-ring (bicyclic) bond motifs is 1. The number of urea groups is 1. The van der Waals surface area contributed by atoms with Crippen LogP contribution in [0.25, 0.3) is 0 Å². The molecule has 0 unspecified atom stereocenters. The van der Waals surface area contributed by atoms with Crippen LogP contribution in [-0.2, 0) is 16.4 Å². The Bertz CT molecular complexity index is 977. The fourth-order valence-electron chi connectivity index (χ4n) is 2.80. The summed E-state index contributed by atoms with van der Waals surface area (Å²) in [5.41, 5.74) is 0.807. The third-order valence-electron chi connectivity index (χ3n) is 4.13. The van der Waals surface area contributed by atoms with E-state index in [-0.39, 0.29) is 22.8 Å². The van der Waals surface area contributed by atoms with E-state index in [0.29, 0.717) is 18.1 Å². The minimum absolute atomic E-state index is 0.00669. The van der Waals surface area contributed by atoms with E-state index in [1.165, 1.54) is 25.1 Å². The van der Waals surface area contributed by atoms with Gasteiger partial charge in [-0.25, -0.2) is 26.3 Å². The maximum absolute atomic E-state index is 13.8. The van der Waals surface area contributed by atoms with Crippen LogP contribution in [0.5, 0.6) is 0 Å². The van der Waals surface area contributed by atoms with Gasteiger partial charge in [0, 0.05) is 26.7 Å². The zero-order chi connectivity index (χ0) is 19.1. The first-order valence-corrected chi connectivity index (χ1v) is 9.24. The van der Waals surface area contributed by atoms with E-state index in [0.717, 1.165) is 16.4 Å². The van der Waals surface area contributed by atoms with Gasteiger partial charge >= 0.3 is 6.03 Å². The molecular weight excluding hydrogens is 364 g/mol. The maximum Gasteiger partial charge on any atom is 0.326 e. The largest absolute Gasteiger partial charge is 0.326 e. The highest BCUT2D eigenvalue weighted by Gasteiger charge is 2.33. The average Bonchev–Trinajstić information content (AvgIpc) is 3.01. The van der Waals surface area contributed by atoms with Crippen molar-refractivity contribution in [1.82, 2.24) is 4.31 Å². The average molecular weight is 381 g/mol. The number of anilines is 2. The number of nitrogens with one attached hydrogen (secondary N) is 1. The molecule has 2 aromatic carbocycles. The summed E-state index contributed by atoms with van der Waals surface area (Å²) in [6.07, 6.45) is 0.478. The first-order chi connectivity index (χ1) is 12.2. The Kier molecular flexibility index (Phi) is 4.68. The van der Waals surface area contributed by atoms with Crippen LogP contribution in [0.15, 0.2) is 41.3 Å². The van der Waals surface area contributed by atoms with Crippen molar-refractivity contribution in [2.75, 3.05) is 30.9 Å². The van der Waals surface area contributed by atoms with Crippen LogP contribution in [0.2, 0.25) is 0 Å². The van der Waals surface area contributed by atoms with Gasteiger partial charge < -0.3 is 5.32 Å². The molecule has 2 aromatic rings. The van der Waals surface area contributed by atoms with Crippen molar-refractivity contribution < 1.29 is 22.0 Å². The molecule has 138 valence electrons. The van der Waals surface area contributed by atoms with Crippen LogP contribution < -0.4 is 10.2 Å². The highest BCUT2D eigenvalue weighted by Crippen LogP contribution is 2.36. The molecule has 0 radical (unpaired) electrons. The Morgan fingerprint density at radius 3 is 2.58 bits per heavy atom. The van der Waals surface area contributed by atoms with Crippen LogP contribution >= 0.6 is 0 Å². The number of hydrogen-bond acceptors (Lipinski definition) is 3. The minimum atomic E-state index is -3.77. The van der Waals surface area contributed by atoms with Crippen molar-refractivity contribution in [3.63, 3.8) is 0 Å². The van der Waals surface area contributed by atoms with Crippen molar-refractivity contribution in [3.8, 4) is 0 Å². The van der Waals surface area contributed by atoms with Gasteiger partial charge in [0.25, 0.3) is 0 Å². The van der Waals surface area contributed by atoms with Gasteiger partial charge in [-0.05, 0) is 30.2 Å². The summed E-state index contributed by atoms with van der Waals surface area (Å²) in [6.45, 7) is 0.254. The molecule has 1 heterocycles. The summed E-state index contributed by atoms with van der Waals surface area (Å²) in [7, 11) is -0.958. The Morgan fingerprint density at radius 2 is 1.92 bits per heavy atom. The summed E-state index contributed by atoms with van der Waals surface area (Å²) >= 11 is 0. The molecule has 6 nitrogen and oxygen atoms in total. The number of rotatable bonds is 3. The molecule has 0 saturated heterocycles. The zero-order valence-electron chi connectivity index (χ0n) is 14.2. The third-order valence-corrected chi connectivity index (χ3v) is 5.98.